The highest BCUT2D eigenvalue weighted by Gasteiger charge is 2.20. The topological polar surface area (TPSA) is 90.0 Å². The standard InChI is InChI=1S/C14H28N4O2S/c1-4-6-13(7-8-15)10-16-21(19,20)14-11-18(9-5-2)12(3)17-14/h11,13,16H,4-10,15H2,1-3H3. The number of aryl methyl sites for hydroxylation is 2. The van der Waals surface area contributed by atoms with E-state index in [1.54, 1.807) is 6.20 Å². The molecular weight excluding hydrogens is 288 g/mol. The van der Waals surface area contributed by atoms with E-state index in [1.165, 1.54) is 0 Å². The fourth-order valence-electron chi connectivity index (χ4n) is 2.37. The summed E-state index contributed by atoms with van der Waals surface area (Å²) in [4.78, 5) is 4.16. The predicted octanol–water partition coefficient (Wildman–Crippen LogP) is 1.64. The van der Waals surface area contributed by atoms with Crippen molar-refractivity contribution in [1.29, 1.82) is 0 Å². The molecule has 0 radical (unpaired) electrons. The Morgan fingerprint density at radius 2 is 2.05 bits per heavy atom. The predicted molar refractivity (Wildman–Crippen MR) is 84.5 cm³/mol. The molecule has 0 aromatic carbocycles. The Balaban J connectivity index is 2.74. The fourth-order valence-corrected chi connectivity index (χ4v) is 3.49. The van der Waals surface area contributed by atoms with Gasteiger partial charge in [-0.15, -0.1) is 0 Å². The summed E-state index contributed by atoms with van der Waals surface area (Å²) in [6, 6.07) is 0. The van der Waals surface area contributed by atoms with Gasteiger partial charge in [0.15, 0.2) is 5.03 Å². The van der Waals surface area contributed by atoms with Crippen molar-refractivity contribution in [2.45, 2.75) is 58.0 Å². The first kappa shape index (κ1) is 18.1. The van der Waals surface area contributed by atoms with Crippen molar-refractivity contribution in [2.24, 2.45) is 11.7 Å². The van der Waals surface area contributed by atoms with E-state index in [-0.39, 0.29) is 10.9 Å². The van der Waals surface area contributed by atoms with Gasteiger partial charge in [0.2, 0.25) is 0 Å². The molecule has 0 aliphatic rings. The molecule has 0 saturated heterocycles. The van der Waals surface area contributed by atoms with Gasteiger partial charge in [0.25, 0.3) is 10.0 Å². The molecule has 6 nitrogen and oxygen atoms in total. The third kappa shape index (κ3) is 5.41. The highest BCUT2D eigenvalue weighted by atomic mass is 32.2. The molecule has 1 rings (SSSR count). The van der Waals surface area contributed by atoms with E-state index in [1.807, 2.05) is 18.4 Å². The first-order chi connectivity index (χ1) is 9.94. The van der Waals surface area contributed by atoms with Crippen LogP contribution in [0.4, 0.5) is 0 Å². The van der Waals surface area contributed by atoms with Crippen LogP contribution in [0.25, 0.3) is 0 Å². The lowest BCUT2D eigenvalue weighted by Gasteiger charge is -2.15. The molecule has 122 valence electrons. The zero-order chi connectivity index (χ0) is 15.9. The van der Waals surface area contributed by atoms with Crippen LogP contribution in [-0.2, 0) is 16.6 Å². The van der Waals surface area contributed by atoms with Crippen molar-refractivity contribution in [3.8, 4) is 0 Å². The van der Waals surface area contributed by atoms with Crippen LogP contribution in [0, 0.1) is 12.8 Å². The molecule has 1 aromatic heterocycles. The molecule has 1 atom stereocenters. The number of imidazole rings is 1. The van der Waals surface area contributed by atoms with Crippen LogP contribution in [0.1, 0.15) is 45.4 Å². The van der Waals surface area contributed by atoms with Gasteiger partial charge in [0.05, 0.1) is 0 Å². The number of nitrogens with one attached hydrogen (secondary N) is 1. The van der Waals surface area contributed by atoms with Crippen LogP contribution >= 0.6 is 0 Å². The minimum atomic E-state index is -3.53. The smallest absolute Gasteiger partial charge is 0.259 e. The second-order valence-electron chi connectivity index (χ2n) is 5.40. The Morgan fingerprint density at radius 1 is 1.33 bits per heavy atom. The maximum Gasteiger partial charge on any atom is 0.259 e. The molecule has 0 aliphatic carbocycles. The van der Waals surface area contributed by atoms with Crippen LogP contribution in [0.5, 0.6) is 0 Å². The Hall–Kier alpha value is -0.920. The van der Waals surface area contributed by atoms with Gasteiger partial charge in [0, 0.05) is 19.3 Å². The van der Waals surface area contributed by atoms with Crippen LogP contribution in [0.2, 0.25) is 0 Å². The summed E-state index contributed by atoms with van der Waals surface area (Å²) < 4.78 is 29.1. The van der Waals surface area contributed by atoms with Crippen molar-refractivity contribution >= 4 is 10.0 Å². The number of aromatic nitrogens is 2. The summed E-state index contributed by atoms with van der Waals surface area (Å²) in [5, 5.41) is 0.108. The quantitative estimate of drug-likeness (QED) is 0.686. The second-order valence-corrected chi connectivity index (χ2v) is 7.12. The second kappa shape index (κ2) is 8.51. The first-order valence-corrected chi connectivity index (χ1v) is 9.16. The Bertz CT molecular complexity index is 519. The zero-order valence-electron chi connectivity index (χ0n) is 13.3. The highest BCUT2D eigenvalue weighted by Crippen LogP contribution is 2.13. The maximum absolute atomic E-state index is 12.3. The van der Waals surface area contributed by atoms with Gasteiger partial charge in [0.1, 0.15) is 5.82 Å². The molecule has 0 aliphatic heterocycles. The Labute approximate surface area is 128 Å². The molecule has 1 unspecified atom stereocenters. The number of hydrogen-bond donors (Lipinski definition) is 2. The van der Waals surface area contributed by atoms with E-state index in [0.29, 0.717) is 13.1 Å². The number of hydrogen-bond acceptors (Lipinski definition) is 4. The van der Waals surface area contributed by atoms with Crippen molar-refractivity contribution in [3.05, 3.63) is 12.0 Å². The van der Waals surface area contributed by atoms with Gasteiger partial charge in [-0.3, -0.25) is 0 Å². The minimum Gasteiger partial charge on any atom is -0.334 e. The summed E-state index contributed by atoms with van der Waals surface area (Å²) in [6.07, 6.45) is 5.39. The summed E-state index contributed by atoms with van der Waals surface area (Å²) >= 11 is 0. The van der Waals surface area contributed by atoms with Crippen molar-refractivity contribution < 1.29 is 8.42 Å². The van der Waals surface area contributed by atoms with Crippen LogP contribution < -0.4 is 10.5 Å². The lowest BCUT2D eigenvalue weighted by molar-refractivity contribution is 0.443. The normalized spacial score (nSPS) is 13.5. The number of nitrogens with two attached hydrogens (primary N) is 1. The molecule has 0 amide bonds. The van der Waals surface area contributed by atoms with E-state index in [9.17, 15) is 8.42 Å². The third-order valence-corrected chi connectivity index (χ3v) is 4.82. The zero-order valence-corrected chi connectivity index (χ0v) is 14.1. The van der Waals surface area contributed by atoms with Gasteiger partial charge < -0.3 is 10.3 Å². The molecule has 1 heterocycles. The molecule has 7 heteroatoms. The summed E-state index contributed by atoms with van der Waals surface area (Å²) in [5.41, 5.74) is 5.57. The number of sulfonamides is 1. The molecule has 3 N–H and O–H groups in total. The van der Waals surface area contributed by atoms with Crippen LogP contribution in [0.3, 0.4) is 0 Å². The summed E-state index contributed by atoms with van der Waals surface area (Å²) in [7, 11) is -3.53. The van der Waals surface area contributed by atoms with Gasteiger partial charge in [-0.05, 0) is 38.6 Å². The first-order valence-electron chi connectivity index (χ1n) is 7.68. The summed E-state index contributed by atoms with van der Waals surface area (Å²) in [6.45, 7) is 7.74. The molecule has 0 bridgehead atoms. The summed E-state index contributed by atoms with van der Waals surface area (Å²) in [5.74, 6) is 1.01. The molecule has 0 saturated carbocycles. The van der Waals surface area contributed by atoms with Gasteiger partial charge in [-0.1, -0.05) is 20.3 Å². The van der Waals surface area contributed by atoms with E-state index in [0.717, 1.165) is 38.1 Å². The van der Waals surface area contributed by atoms with Crippen molar-refractivity contribution in [2.75, 3.05) is 13.1 Å². The third-order valence-electron chi connectivity index (χ3n) is 3.53. The molecule has 1 aromatic rings. The highest BCUT2D eigenvalue weighted by molar-refractivity contribution is 7.89. The lowest BCUT2D eigenvalue weighted by Crippen LogP contribution is -2.30. The van der Waals surface area contributed by atoms with Gasteiger partial charge in [-0.25, -0.2) is 18.1 Å². The number of nitrogens with zero attached hydrogens (tertiary/aromatic N) is 2. The maximum atomic E-state index is 12.3. The molecule has 21 heavy (non-hydrogen) atoms. The van der Waals surface area contributed by atoms with Crippen molar-refractivity contribution in [1.82, 2.24) is 14.3 Å². The van der Waals surface area contributed by atoms with Crippen LogP contribution in [-0.4, -0.2) is 31.1 Å². The molecule has 0 fully saturated rings. The largest absolute Gasteiger partial charge is 0.334 e. The number of rotatable bonds is 10. The average Bonchev–Trinajstić information content (AvgIpc) is 2.80. The molecular formula is C14H28N4O2S. The van der Waals surface area contributed by atoms with E-state index in [4.69, 9.17) is 5.73 Å². The van der Waals surface area contributed by atoms with Gasteiger partial charge in [-0.2, -0.15) is 0 Å². The van der Waals surface area contributed by atoms with Gasteiger partial charge >= 0.3 is 0 Å². The average molecular weight is 316 g/mol. The van der Waals surface area contributed by atoms with E-state index in [2.05, 4.69) is 16.6 Å². The van der Waals surface area contributed by atoms with E-state index < -0.39 is 10.0 Å². The SMILES string of the molecule is CCCC(CCN)CNS(=O)(=O)c1cn(CCC)c(C)n1. The fraction of sp³-hybridized carbons (Fsp3) is 0.786. The lowest BCUT2D eigenvalue weighted by atomic mass is 10.0. The Morgan fingerprint density at radius 3 is 2.62 bits per heavy atom. The monoisotopic (exact) mass is 316 g/mol. The van der Waals surface area contributed by atoms with Crippen molar-refractivity contribution in [3.63, 3.8) is 0 Å². The Kier molecular flexibility index (Phi) is 7.34. The van der Waals surface area contributed by atoms with Crippen LogP contribution in [0.15, 0.2) is 11.2 Å². The minimum absolute atomic E-state index is 0.108. The molecule has 0 spiro atoms. The van der Waals surface area contributed by atoms with E-state index >= 15 is 0 Å².